The number of piperidine rings is 1. The number of hydrogen-bond acceptors (Lipinski definition) is 4. The summed E-state index contributed by atoms with van der Waals surface area (Å²) in [5.74, 6) is 0.681. The van der Waals surface area contributed by atoms with Gasteiger partial charge in [-0.15, -0.1) is 0 Å². The van der Waals surface area contributed by atoms with E-state index in [0.717, 1.165) is 68.6 Å². The minimum absolute atomic E-state index is 0.00355. The molecule has 6 heteroatoms. The molecule has 1 aliphatic carbocycles. The van der Waals surface area contributed by atoms with Crippen molar-refractivity contribution in [3.63, 3.8) is 0 Å². The van der Waals surface area contributed by atoms with Gasteiger partial charge in [-0.1, -0.05) is 30.3 Å². The van der Waals surface area contributed by atoms with Crippen molar-refractivity contribution < 1.29 is 4.79 Å². The number of H-pyrrole nitrogens is 1. The first-order chi connectivity index (χ1) is 14.7. The Bertz CT molecular complexity index is 901. The number of rotatable bonds is 7. The number of benzene rings is 1. The highest BCUT2D eigenvalue weighted by Gasteiger charge is 2.21. The van der Waals surface area contributed by atoms with E-state index in [1.165, 1.54) is 18.4 Å². The molecule has 2 aromatic rings. The number of aromatic amines is 1. The fourth-order valence-electron chi connectivity index (χ4n) is 4.78. The van der Waals surface area contributed by atoms with E-state index < -0.39 is 0 Å². The van der Waals surface area contributed by atoms with Crippen LogP contribution in [0.15, 0.2) is 35.1 Å². The molecule has 1 fully saturated rings. The van der Waals surface area contributed by atoms with Crippen LogP contribution in [0.2, 0.25) is 0 Å². The molecule has 0 spiro atoms. The molecule has 2 aliphatic rings. The van der Waals surface area contributed by atoms with Crippen LogP contribution >= 0.6 is 0 Å². The summed E-state index contributed by atoms with van der Waals surface area (Å²) in [6.07, 6.45) is 7.43. The molecular weight excluding hydrogens is 376 g/mol. The van der Waals surface area contributed by atoms with Crippen LogP contribution in [0.5, 0.6) is 0 Å². The zero-order valence-corrected chi connectivity index (χ0v) is 17.7. The second-order valence-electron chi connectivity index (χ2n) is 8.68. The predicted octanol–water partition coefficient (Wildman–Crippen LogP) is 2.61. The maximum atomic E-state index is 12.4. The Balaban J connectivity index is 1.18. The van der Waals surface area contributed by atoms with E-state index in [2.05, 4.69) is 50.7 Å². The third-order valence-electron chi connectivity index (χ3n) is 6.54. The molecule has 1 aromatic heterocycles. The van der Waals surface area contributed by atoms with Crippen molar-refractivity contribution in [3.8, 4) is 0 Å². The molecule has 1 amide bonds. The average molecular weight is 409 g/mol. The Morgan fingerprint density at radius 1 is 1.10 bits per heavy atom. The number of fused-ring (bicyclic) bond motifs is 1. The molecule has 160 valence electrons. The maximum absolute atomic E-state index is 12.4. The van der Waals surface area contributed by atoms with Crippen molar-refractivity contribution in [2.45, 2.75) is 57.9 Å². The van der Waals surface area contributed by atoms with Crippen molar-refractivity contribution in [2.75, 3.05) is 19.6 Å². The summed E-state index contributed by atoms with van der Waals surface area (Å²) < 4.78 is 0. The summed E-state index contributed by atoms with van der Waals surface area (Å²) in [5.41, 5.74) is 3.87. The molecule has 0 unspecified atom stereocenters. The lowest BCUT2D eigenvalue weighted by atomic mass is 9.91. The summed E-state index contributed by atoms with van der Waals surface area (Å²) in [6, 6.07) is 10.6. The van der Waals surface area contributed by atoms with Crippen molar-refractivity contribution in [2.24, 2.45) is 5.92 Å². The first-order valence-corrected chi connectivity index (χ1v) is 11.3. The lowest BCUT2D eigenvalue weighted by molar-refractivity contribution is -0.120. The molecule has 0 atom stereocenters. The quantitative estimate of drug-likeness (QED) is 0.738. The molecule has 6 nitrogen and oxygen atoms in total. The Kier molecular flexibility index (Phi) is 6.95. The van der Waals surface area contributed by atoms with Crippen molar-refractivity contribution in [3.05, 3.63) is 63.1 Å². The Hall–Kier alpha value is -2.47. The fourth-order valence-corrected chi connectivity index (χ4v) is 4.78. The van der Waals surface area contributed by atoms with Crippen LogP contribution in [0, 0.1) is 5.92 Å². The highest BCUT2D eigenvalue weighted by Crippen LogP contribution is 2.22. The number of aromatic nitrogens is 2. The van der Waals surface area contributed by atoms with E-state index >= 15 is 0 Å². The van der Waals surface area contributed by atoms with E-state index in [4.69, 9.17) is 0 Å². The average Bonchev–Trinajstić information content (AvgIpc) is 2.78. The largest absolute Gasteiger partial charge is 0.356 e. The maximum Gasteiger partial charge on any atom is 0.267 e. The molecular formula is C24H32N4O2. The number of carbonyl (C=O) groups is 1. The molecule has 2 heterocycles. The number of carbonyl (C=O) groups excluding carboxylic acids is 1. The van der Waals surface area contributed by atoms with Gasteiger partial charge in [0.25, 0.3) is 5.56 Å². The SMILES string of the molecule is O=C(Cc1n[nH]c(=O)c2c1CCCC2)NCCC1CCN(Cc2ccccc2)CC1. The highest BCUT2D eigenvalue weighted by molar-refractivity contribution is 5.78. The van der Waals surface area contributed by atoms with Crippen LogP contribution in [-0.2, 0) is 30.6 Å². The first kappa shape index (κ1) is 20.8. The molecule has 0 saturated carbocycles. The molecule has 0 bridgehead atoms. The topological polar surface area (TPSA) is 78.1 Å². The van der Waals surface area contributed by atoms with Gasteiger partial charge < -0.3 is 5.32 Å². The van der Waals surface area contributed by atoms with E-state index in [0.29, 0.717) is 12.5 Å². The first-order valence-electron chi connectivity index (χ1n) is 11.3. The predicted molar refractivity (Wildman–Crippen MR) is 117 cm³/mol. The number of nitrogens with zero attached hydrogens (tertiary/aromatic N) is 2. The third kappa shape index (κ3) is 5.36. The summed E-state index contributed by atoms with van der Waals surface area (Å²) in [7, 11) is 0. The van der Waals surface area contributed by atoms with Gasteiger partial charge in [0, 0.05) is 18.7 Å². The van der Waals surface area contributed by atoms with Crippen LogP contribution in [0.1, 0.15) is 54.5 Å². The molecule has 1 aliphatic heterocycles. The number of likely N-dealkylation sites (tertiary alicyclic amines) is 1. The van der Waals surface area contributed by atoms with Gasteiger partial charge in [0.15, 0.2) is 0 Å². The van der Waals surface area contributed by atoms with Gasteiger partial charge in [0.05, 0.1) is 12.1 Å². The van der Waals surface area contributed by atoms with Crippen molar-refractivity contribution >= 4 is 5.91 Å². The highest BCUT2D eigenvalue weighted by atomic mass is 16.1. The van der Waals surface area contributed by atoms with Crippen LogP contribution in [0.3, 0.4) is 0 Å². The van der Waals surface area contributed by atoms with E-state index in [1.54, 1.807) is 0 Å². The second kappa shape index (κ2) is 10.0. The summed E-state index contributed by atoms with van der Waals surface area (Å²) >= 11 is 0. The van der Waals surface area contributed by atoms with E-state index in [1.807, 2.05) is 0 Å². The lowest BCUT2D eigenvalue weighted by Gasteiger charge is -2.32. The monoisotopic (exact) mass is 408 g/mol. The smallest absolute Gasteiger partial charge is 0.267 e. The summed E-state index contributed by atoms with van der Waals surface area (Å²) in [4.78, 5) is 26.9. The number of amides is 1. The normalized spacial score (nSPS) is 17.5. The Labute approximate surface area is 178 Å². The van der Waals surface area contributed by atoms with Gasteiger partial charge in [-0.25, -0.2) is 5.10 Å². The number of hydrogen-bond donors (Lipinski definition) is 2. The Morgan fingerprint density at radius 2 is 1.83 bits per heavy atom. The molecule has 1 saturated heterocycles. The van der Waals surface area contributed by atoms with E-state index in [9.17, 15) is 9.59 Å². The minimum atomic E-state index is -0.0903. The van der Waals surface area contributed by atoms with Crippen LogP contribution in [0.4, 0.5) is 0 Å². The van der Waals surface area contributed by atoms with Gasteiger partial charge >= 0.3 is 0 Å². The minimum Gasteiger partial charge on any atom is -0.356 e. The van der Waals surface area contributed by atoms with Crippen molar-refractivity contribution in [1.29, 1.82) is 0 Å². The van der Waals surface area contributed by atoms with Gasteiger partial charge in [0.1, 0.15) is 0 Å². The lowest BCUT2D eigenvalue weighted by Crippen LogP contribution is -2.35. The summed E-state index contributed by atoms with van der Waals surface area (Å²) in [5, 5.41) is 9.81. The molecule has 4 rings (SSSR count). The van der Waals surface area contributed by atoms with Crippen LogP contribution in [-0.4, -0.2) is 40.6 Å². The molecule has 30 heavy (non-hydrogen) atoms. The zero-order valence-electron chi connectivity index (χ0n) is 17.7. The van der Waals surface area contributed by atoms with Crippen LogP contribution in [0.25, 0.3) is 0 Å². The van der Waals surface area contributed by atoms with Gasteiger partial charge in [-0.2, -0.15) is 5.10 Å². The number of nitrogens with one attached hydrogen (secondary N) is 2. The van der Waals surface area contributed by atoms with Gasteiger partial charge in [0.2, 0.25) is 5.91 Å². The molecule has 2 N–H and O–H groups in total. The second-order valence-corrected chi connectivity index (χ2v) is 8.68. The van der Waals surface area contributed by atoms with Gasteiger partial charge in [-0.3, -0.25) is 14.5 Å². The third-order valence-corrected chi connectivity index (χ3v) is 6.54. The molecule has 1 aromatic carbocycles. The van der Waals surface area contributed by atoms with Crippen LogP contribution < -0.4 is 10.9 Å². The standard InChI is InChI=1S/C24H32N4O2/c29-23(16-22-20-8-4-5-9-21(20)24(30)27-26-22)25-13-10-18-11-14-28(15-12-18)17-19-6-2-1-3-7-19/h1-3,6-7,18H,4-5,8-17H2,(H,25,29)(H,27,30). The Morgan fingerprint density at radius 3 is 2.60 bits per heavy atom. The van der Waals surface area contributed by atoms with Crippen molar-refractivity contribution in [1.82, 2.24) is 20.4 Å². The van der Waals surface area contributed by atoms with Gasteiger partial charge in [-0.05, 0) is 75.1 Å². The van der Waals surface area contributed by atoms with E-state index in [-0.39, 0.29) is 17.9 Å². The summed E-state index contributed by atoms with van der Waals surface area (Å²) in [6.45, 7) is 4.00. The fraction of sp³-hybridized carbons (Fsp3) is 0.542. The zero-order chi connectivity index (χ0) is 20.8. The molecule has 0 radical (unpaired) electrons.